The smallest absolute Gasteiger partial charge is 0.312 e. The summed E-state index contributed by atoms with van der Waals surface area (Å²) in [5, 5.41) is 10.7. The Kier molecular flexibility index (Phi) is 9.25. The number of likely N-dealkylation sites (tertiary alicyclic amines) is 1. The van der Waals surface area contributed by atoms with Gasteiger partial charge in [-0.05, 0) is 49.8 Å². The van der Waals surface area contributed by atoms with Gasteiger partial charge in [0.25, 0.3) is 5.91 Å². The third-order valence-electron chi connectivity index (χ3n) is 9.01. The minimum Gasteiger partial charge on any atom is -0.465 e. The summed E-state index contributed by atoms with van der Waals surface area (Å²) < 4.78 is 12.3. The van der Waals surface area contributed by atoms with Crippen molar-refractivity contribution in [3.8, 4) is 0 Å². The van der Waals surface area contributed by atoms with Gasteiger partial charge in [-0.1, -0.05) is 76.6 Å². The molecule has 3 saturated heterocycles. The van der Waals surface area contributed by atoms with Gasteiger partial charge in [0.2, 0.25) is 5.91 Å². The molecule has 2 aromatic carbocycles. The summed E-state index contributed by atoms with van der Waals surface area (Å²) in [6.07, 6.45) is 4.46. The number of amides is 2. The predicted octanol–water partition coefficient (Wildman–Crippen LogP) is 4.81. The lowest BCUT2D eigenvalue weighted by atomic mass is 9.70. The lowest BCUT2D eigenvalue weighted by Gasteiger charge is -2.40. The van der Waals surface area contributed by atoms with Crippen molar-refractivity contribution < 1.29 is 29.0 Å². The van der Waals surface area contributed by atoms with Gasteiger partial charge in [-0.3, -0.25) is 14.4 Å². The minimum atomic E-state index is -1.30. The van der Waals surface area contributed by atoms with Crippen LogP contribution in [-0.2, 0) is 23.9 Å². The van der Waals surface area contributed by atoms with Crippen LogP contribution >= 0.6 is 15.9 Å². The van der Waals surface area contributed by atoms with E-state index in [0.717, 1.165) is 16.8 Å². The van der Waals surface area contributed by atoms with Crippen LogP contribution in [0.2, 0.25) is 0 Å². The number of carbonyl (C=O) groups excluding carboxylic acids is 3. The average molecular weight is 652 g/mol. The van der Waals surface area contributed by atoms with Crippen LogP contribution in [0.25, 0.3) is 0 Å². The van der Waals surface area contributed by atoms with E-state index in [2.05, 4.69) is 29.1 Å². The maximum Gasteiger partial charge on any atom is 0.312 e. The Labute approximate surface area is 261 Å². The largest absolute Gasteiger partial charge is 0.465 e. The Morgan fingerprint density at radius 2 is 1.86 bits per heavy atom. The zero-order valence-corrected chi connectivity index (χ0v) is 26.2. The van der Waals surface area contributed by atoms with Crippen LogP contribution in [0.5, 0.6) is 0 Å². The zero-order valence-electron chi connectivity index (χ0n) is 24.7. The molecule has 0 aromatic heterocycles. The number of hydrogen-bond donors (Lipinski definition) is 1. The van der Waals surface area contributed by atoms with E-state index < -0.39 is 54.1 Å². The molecule has 2 bridgehead atoms. The number of para-hydroxylation sites is 1. The molecule has 43 heavy (non-hydrogen) atoms. The van der Waals surface area contributed by atoms with E-state index >= 15 is 0 Å². The molecule has 3 unspecified atom stereocenters. The standard InChI is InChI=1S/C34H39BrN2O6/c1-5-7-11-18-42-33(41)26-27-31(39)37(25(20-38)23-15-9-8-10-16-23)30(34(27)19-24(35)29(26)43-34)32(40)36(17-6-2)28-21(3)13-12-14-22(28)4/h5-6,8-10,12-16,24-27,29-30,38H,1-2,7,11,17-20H2,3-4H3/t24?,25-,26-,27+,29-,30?,34?/m1/s1. The fraction of sp³-hybridized carbons (Fsp3) is 0.441. The summed E-state index contributed by atoms with van der Waals surface area (Å²) in [4.78, 5) is 46.1. The van der Waals surface area contributed by atoms with E-state index in [1.165, 1.54) is 4.90 Å². The van der Waals surface area contributed by atoms with Gasteiger partial charge in [-0.25, -0.2) is 0 Å². The number of benzene rings is 2. The molecule has 9 heteroatoms. The van der Waals surface area contributed by atoms with Crippen molar-refractivity contribution in [2.24, 2.45) is 11.8 Å². The number of fused-ring (bicyclic) bond motifs is 1. The van der Waals surface area contributed by atoms with Crippen LogP contribution in [0.3, 0.4) is 0 Å². The summed E-state index contributed by atoms with van der Waals surface area (Å²) in [6.45, 7) is 11.5. The SMILES string of the molecule is C=CCCCOC(=O)[C@H]1[C@@H]2OC3(CC2Br)C(C(=O)N(CC=C)c2c(C)cccc2C)N([C@H](CO)c2ccccc2)C(=O)[C@H]13. The second-order valence-corrected chi connectivity index (χ2v) is 12.8. The van der Waals surface area contributed by atoms with Gasteiger partial charge in [0, 0.05) is 17.1 Å². The van der Waals surface area contributed by atoms with Gasteiger partial charge in [-0.15, -0.1) is 13.2 Å². The molecule has 1 spiro atoms. The monoisotopic (exact) mass is 650 g/mol. The molecular weight excluding hydrogens is 612 g/mol. The number of aliphatic hydroxyl groups excluding tert-OH is 1. The van der Waals surface area contributed by atoms with Gasteiger partial charge >= 0.3 is 5.97 Å². The predicted molar refractivity (Wildman–Crippen MR) is 168 cm³/mol. The lowest BCUT2D eigenvalue weighted by Crippen LogP contribution is -2.58. The molecule has 228 valence electrons. The van der Waals surface area contributed by atoms with Crippen LogP contribution in [-0.4, -0.2) is 70.1 Å². The Morgan fingerprint density at radius 3 is 2.49 bits per heavy atom. The first-order chi connectivity index (χ1) is 20.7. The number of carbonyl (C=O) groups is 3. The summed E-state index contributed by atoms with van der Waals surface area (Å²) in [7, 11) is 0. The van der Waals surface area contributed by atoms with Crippen LogP contribution in [0.4, 0.5) is 5.69 Å². The molecule has 3 aliphatic heterocycles. The van der Waals surface area contributed by atoms with Gasteiger partial charge in [0.1, 0.15) is 11.6 Å². The van der Waals surface area contributed by atoms with Crippen LogP contribution in [0, 0.1) is 25.7 Å². The summed E-state index contributed by atoms with van der Waals surface area (Å²) in [5.74, 6) is -3.07. The molecule has 1 N–H and O–H groups in total. The highest BCUT2D eigenvalue weighted by Gasteiger charge is 2.77. The topological polar surface area (TPSA) is 96.4 Å². The van der Waals surface area contributed by atoms with E-state index in [-0.39, 0.29) is 23.9 Å². The van der Waals surface area contributed by atoms with Gasteiger partial charge in [0.05, 0.1) is 37.2 Å². The molecule has 3 aliphatic rings. The van der Waals surface area contributed by atoms with Crippen molar-refractivity contribution in [2.45, 2.75) is 61.7 Å². The van der Waals surface area contributed by atoms with Crippen molar-refractivity contribution in [1.29, 1.82) is 0 Å². The molecule has 0 aliphatic carbocycles. The number of alkyl halides is 1. The van der Waals surface area contributed by atoms with E-state index in [1.54, 1.807) is 17.1 Å². The van der Waals surface area contributed by atoms with E-state index in [1.807, 2.05) is 62.4 Å². The van der Waals surface area contributed by atoms with Crippen LogP contribution in [0.15, 0.2) is 73.8 Å². The van der Waals surface area contributed by atoms with Crippen molar-refractivity contribution in [3.63, 3.8) is 0 Å². The summed E-state index contributed by atoms with van der Waals surface area (Å²) in [6, 6.07) is 13.0. The molecule has 0 radical (unpaired) electrons. The molecule has 3 fully saturated rings. The van der Waals surface area contributed by atoms with Crippen LogP contribution in [0.1, 0.15) is 42.0 Å². The van der Waals surface area contributed by atoms with Crippen molar-refractivity contribution in [1.82, 2.24) is 4.90 Å². The molecule has 0 saturated carbocycles. The van der Waals surface area contributed by atoms with E-state index in [0.29, 0.717) is 24.8 Å². The summed E-state index contributed by atoms with van der Waals surface area (Å²) in [5.41, 5.74) is 1.93. The van der Waals surface area contributed by atoms with Crippen molar-refractivity contribution in [2.75, 3.05) is 24.7 Å². The number of hydrogen-bond acceptors (Lipinski definition) is 6. The molecular formula is C34H39BrN2O6. The quantitative estimate of drug-likeness (QED) is 0.153. The second-order valence-electron chi connectivity index (χ2n) is 11.6. The highest BCUT2D eigenvalue weighted by molar-refractivity contribution is 9.09. The Bertz CT molecular complexity index is 1380. The Balaban J connectivity index is 1.63. The first-order valence-corrected chi connectivity index (χ1v) is 15.7. The zero-order chi connectivity index (χ0) is 30.9. The van der Waals surface area contributed by atoms with E-state index in [4.69, 9.17) is 9.47 Å². The van der Waals surface area contributed by atoms with Crippen molar-refractivity contribution >= 4 is 39.4 Å². The fourth-order valence-corrected chi connectivity index (χ4v) is 8.22. The number of esters is 1. The second kappa shape index (κ2) is 12.8. The molecule has 8 nitrogen and oxygen atoms in total. The summed E-state index contributed by atoms with van der Waals surface area (Å²) >= 11 is 3.71. The Morgan fingerprint density at radius 1 is 1.16 bits per heavy atom. The van der Waals surface area contributed by atoms with Crippen LogP contribution < -0.4 is 4.90 Å². The molecule has 2 amide bonds. The maximum atomic E-state index is 15.0. The highest BCUT2D eigenvalue weighted by atomic mass is 79.9. The first kappa shape index (κ1) is 31.2. The average Bonchev–Trinajstić information content (AvgIpc) is 3.59. The number of ether oxygens (including phenoxy) is 2. The molecule has 7 atom stereocenters. The fourth-order valence-electron chi connectivity index (χ4n) is 7.28. The number of aliphatic hydroxyl groups is 1. The lowest BCUT2D eigenvalue weighted by molar-refractivity contribution is -0.155. The number of nitrogens with zero attached hydrogens (tertiary/aromatic N) is 2. The van der Waals surface area contributed by atoms with Gasteiger partial charge in [0.15, 0.2) is 0 Å². The number of unbranched alkanes of at least 4 members (excludes halogenated alkanes) is 1. The molecule has 3 heterocycles. The van der Waals surface area contributed by atoms with Gasteiger partial charge in [-0.2, -0.15) is 0 Å². The number of halogens is 1. The van der Waals surface area contributed by atoms with Gasteiger partial charge < -0.3 is 24.4 Å². The number of anilines is 1. The molecule has 5 rings (SSSR count). The third kappa shape index (κ3) is 5.25. The normalized spacial score (nSPS) is 28.0. The Hall–Kier alpha value is -3.27. The highest BCUT2D eigenvalue weighted by Crippen LogP contribution is 2.61. The first-order valence-electron chi connectivity index (χ1n) is 14.8. The molecule has 2 aromatic rings. The minimum absolute atomic E-state index is 0.198. The number of aryl methyl sites for hydroxylation is 2. The van der Waals surface area contributed by atoms with Crippen molar-refractivity contribution in [3.05, 3.63) is 90.5 Å². The number of allylic oxidation sites excluding steroid dienone is 1. The maximum absolute atomic E-state index is 15.0. The van der Waals surface area contributed by atoms with E-state index in [9.17, 15) is 19.5 Å². The third-order valence-corrected chi connectivity index (χ3v) is 9.86. The number of rotatable bonds is 12.